The first-order valence-corrected chi connectivity index (χ1v) is 5.84. The van der Waals surface area contributed by atoms with Crippen molar-refractivity contribution >= 4 is 5.71 Å². The average Bonchev–Trinajstić information content (AvgIpc) is 3.03. The molecule has 0 heterocycles. The highest BCUT2D eigenvalue weighted by Gasteiger charge is 2.26. The summed E-state index contributed by atoms with van der Waals surface area (Å²) in [5, 5.41) is 0. The first kappa shape index (κ1) is 10.4. The highest BCUT2D eigenvalue weighted by molar-refractivity contribution is 6.12. The maximum atomic E-state index is 4.56. The van der Waals surface area contributed by atoms with Gasteiger partial charge >= 0.3 is 0 Å². The van der Waals surface area contributed by atoms with Gasteiger partial charge < -0.3 is 0 Å². The van der Waals surface area contributed by atoms with Crippen LogP contribution in [0, 0.1) is 5.92 Å². The van der Waals surface area contributed by atoms with Crippen molar-refractivity contribution in [2.24, 2.45) is 10.9 Å². The van der Waals surface area contributed by atoms with Crippen LogP contribution in [-0.2, 0) is 0 Å². The Morgan fingerprint density at radius 3 is 2.73 bits per heavy atom. The molecular weight excluding hydrogens is 182 g/mol. The molecule has 0 amide bonds. The zero-order valence-corrected chi connectivity index (χ0v) is 9.88. The summed E-state index contributed by atoms with van der Waals surface area (Å²) in [5.41, 5.74) is 5.41. The molecule has 0 unspecified atom stereocenters. The van der Waals surface area contributed by atoms with Gasteiger partial charge in [0.05, 0.1) is 5.71 Å². The predicted molar refractivity (Wildman–Crippen MR) is 66.3 cm³/mol. The van der Waals surface area contributed by atoms with Crippen molar-refractivity contribution in [3.63, 3.8) is 0 Å². The summed E-state index contributed by atoms with van der Waals surface area (Å²) in [6.07, 6.45) is 9.32. The second-order valence-corrected chi connectivity index (χ2v) is 4.45. The van der Waals surface area contributed by atoms with Gasteiger partial charge in [-0.2, -0.15) is 0 Å². The van der Waals surface area contributed by atoms with Gasteiger partial charge in [-0.3, -0.25) is 4.99 Å². The van der Waals surface area contributed by atoms with Gasteiger partial charge in [0.1, 0.15) is 0 Å². The molecule has 0 saturated heterocycles. The van der Waals surface area contributed by atoms with Crippen molar-refractivity contribution in [3.8, 4) is 0 Å². The largest absolute Gasteiger partial charge is 0.285 e. The fraction of sp³-hybridized carbons (Fsp3) is 0.500. The monoisotopic (exact) mass is 201 g/mol. The van der Waals surface area contributed by atoms with Crippen molar-refractivity contribution < 1.29 is 0 Å². The smallest absolute Gasteiger partial charge is 0.0646 e. The summed E-state index contributed by atoms with van der Waals surface area (Å²) in [5.74, 6) is 0.831. The molecule has 1 heteroatoms. The minimum absolute atomic E-state index is 0.831. The molecule has 1 saturated carbocycles. The van der Waals surface area contributed by atoms with E-state index in [0.29, 0.717) is 0 Å². The molecule has 0 N–H and O–H groups in total. The molecule has 15 heavy (non-hydrogen) atoms. The Balaban J connectivity index is 2.37. The van der Waals surface area contributed by atoms with Crippen molar-refractivity contribution in [1.29, 1.82) is 0 Å². The van der Waals surface area contributed by atoms with Crippen LogP contribution in [0.25, 0.3) is 0 Å². The van der Waals surface area contributed by atoms with Gasteiger partial charge in [-0.05, 0) is 57.3 Å². The lowest BCUT2D eigenvalue weighted by molar-refractivity contribution is 0.994. The maximum Gasteiger partial charge on any atom is 0.0646 e. The van der Waals surface area contributed by atoms with E-state index in [1.807, 2.05) is 0 Å². The Kier molecular flexibility index (Phi) is 2.90. The molecule has 1 nitrogen and oxygen atoms in total. The molecular formula is C14H19N. The molecule has 0 radical (unpaired) electrons. The van der Waals surface area contributed by atoms with Gasteiger partial charge in [0.25, 0.3) is 0 Å². The fourth-order valence-corrected chi connectivity index (χ4v) is 2.01. The highest BCUT2D eigenvalue weighted by atomic mass is 14.7. The van der Waals surface area contributed by atoms with Gasteiger partial charge in [-0.15, -0.1) is 0 Å². The summed E-state index contributed by atoms with van der Waals surface area (Å²) in [6.45, 7) is 7.38. The minimum atomic E-state index is 0.831. The molecule has 2 aliphatic carbocycles. The first-order valence-electron chi connectivity index (χ1n) is 5.84. The topological polar surface area (TPSA) is 12.4 Å². The van der Waals surface area contributed by atoms with Crippen LogP contribution in [0.1, 0.15) is 33.6 Å². The molecule has 0 bridgehead atoms. The predicted octanol–water partition coefficient (Wildman–Crippen LogP) is 3.69. The Morgan fingerprint density at radius 1 is 1.40 bits per heavy atom. The van der Waals surface area contributed by atoms with Crippen molar-refractivity contribution in [1.82, 2.24) is 0 Å². The molecule has 80 valence electrons. The van der Waals surface area contributed by atoms with E-state index in [1.54, 1.807) is 0 Å². The van der Waals surface area contributed by atoms with E-state index in [0.717, 1.165) is 12.5 Å². The Labute approximate surface area is 92.3 Å². The Morgan fingerprint density at radius 2 is 2.13 bits per heavy atom. The molecule has 1 fully saturated rings. The number of rotatable bonds is 2. The number of allylic oxidation sites excluding steroid dienone is 6. The van der Waals surface area contributed by atoms with E-state index in [-0.39, 0.29) is 0 Å². The van der Waals surface area contributed by atoms with E-state index >= 15 is 0 Å². The SMILES string of the molecule is CCN=C1C=CC(C)=C/C1=C(/C)C1CC1. The van der Waals surface area contributed by atoms with Crippen LogP contribution in [0.4, 0.5) is 0 Å². The molecule has 0 atom stereocenters. The van der Waals surface area contributed by atoms with Crippen molar-refractivity contribution in [3.05, 3.63) is 34.9 Å². The summed E-state index contributed by atoms with van der Waals surface area (Å²) in [7, 11) is 0. The van der Waals surface area contributed by atoms with Crippen molar-refractivity contribution in [2.75, 3.05) is 6.54 Å². The number of hydrogen-bond donors (Lipinski definition) is 0. The van der Waals surface area contributed by atoms with Crippen molar-refractivity contribution in [2.45, 2.75) is 33.6 Å². The van der Waals surface area contributed by atoms with Gasteiger partial charge in [-0.25, -0.2) is 0 Å². The van der Waals surface area contributed by atoms with E-state index < -0.39 is 0 Å². The van der Waals surface area contributed by atoms with Crippen LogP contribution in [0.2, 0.25) is 0 Å². The van der Waals surface area contributed by atoms with Crippen LogP contribution in [0.15, 0.2) is 39.9 Å². The third kappa shape index (κ3) is 2.28. The Hall–Kier alpha value is -1.11. The van der Waals surface area contributed by atoms with Crippen LogP contribution < -0.4 is 0 Å². The summed E-state index contributed by atoms with van der Waals surface area (Å²) >= 11 is 0. The summed E-state index contributed by atoms with van der Waals surface area (Å²) in [4.78, 5) is 4.56. The second kappa shape index (κ2) is 4.18. The molecule has 0 aromatic heterocycles. The lowest BCUT2D eigenvalue weighted by Crippen LogP contribution is -2.06. The second-order valence-electron chi connectivity index (χ2n) is 4.45. The fourth-order valence-electron chi connectivity index (χ4n) is 2.01. The normalized spacial score (nSPS) is 26.9. The van der Waals surface area contributed by atoms with Gasteiger partial charge in [0.15, 0.2) is 0 Å². The summed E-state index contributed by atoms with van der Waals surface area (Å²) in [6, 6.07) is 0. The van der Waals surface area contributed by atoms with Crippen LogP contribution >= 0.6 is 0 Å². The molecule has 2 aliphatic rings. The third-order valence-electron chi connectivity index (χ3n) is 3.10. The maximum absolute atomic E-state index is 4.56. The molecule has 0 spiro atoms. The number of hydrogen-bond acceptors (Lipinski definition) is 1. The quantitative estimate of drug-likeness (QED) is 0.646. The molecule has 0 aromatic carbocycles. The third-order valence-corrected chi connectivity index (χ3v) is 3.10. The van der Waals surface area contributed by atoms with E-state index in [4.69, 9.17) is 0 Å². The molecule has 0 aliphatic heterocycles. The van der Waals surface area contributed by atoms with Crippen LogP contribution in [-0.4, -0.2) is 12.3 Å². The van der Waals surface area contributed by atoms with Gasteiger partial charge in [-0.1, -0.05) is 17.2 Å². The van der Waals surface area contributed by atoms with Gasteiger partial charge in [0, 0.05) is 6.54 Å². The van der Waals surface area contributed by atoms with E-state index in [2.05, 4.69) is 44.0 Å². The number of nitrogens with zero attached hydrogens (tertiary/aromatic N) is 1. The van der Waals surface area contributed by atoms with Crippen LogP contribution in [0.3, 0.4) is 0 Å². The van der Waals surface area contributed by atoms with E-state index in [1.165, 1.54) is 35.3 Å². The van der Waals surface area contributed by atoms with Gasteiger partial charge in [0.2, 0.25) is 0 Å². The lowest BCUT2D eigenvalue weighted by atomic mass is 9.94. The molecule has 0 aromatic rings. The summed E-state index contributed by atoms with van der Waals surface area (Å²) < 4.78 is 0. The standard InChI is InChI=1S/C14H19N/c1-4-15-14-8-5-10(2)9-13(14)11(3)12-6-7-12/h5,8-9,12H,4,6-7H2,1-3H3/b13-11+,15-14?. The Bertz CT molecular complexity index is 376. The average molecular weight is 201 g/mol. The zero-order valence-electron chi connectivity index (χ0n) is 9.88. The van der Waals surface area contributed by atoms with E-state index in [9.17, 15) is 0 Å². The molecule has 2 rings (SSSR count). The minimum Gasteiger partial charge on any atom is -0.285 e. The van der Waals surface area contributed by atoms with Crippen LogP contribution in [0.5, 0.6) is 0 Å². The zero-order chi connectivity index (χ0) is 10.8. The highest BCUT2D eigenvalue weighted by Crippen LogP contribution is 2.38. The lowest BCUT2D eigenvalue weighted by Gasteiger charge is -2.13. The number of aliphatic imine (C=N–C) groups is 1. The first-order chi connectivity index (χ1) is 7.22.